The maximum atomic E-state index is 12.8. The summed E-state index contributed by atoms with van der Waals surface area (Å²) in [5.74, 6) is -0.230. The molecule has 0 spiro atoms. The maximum absolute atomic E-state index is 12.8. The van der Waals surface area contributed by atoms with E-state index in [-0.39, 0.29) is 24.3 Å². The molecule has 14 heavy (non-hydrogen) atoms. The molecule has 0 amide bonds. The number of rotatable bonds is 4. The highest BCUT2D eigenvalue weighted by molar-refractivity contribution is 5.85. The van der Waals surface area contributed by atoms with Crippen molar-refractivity contribution >= 4 is 12.4 Å². The van der Waals surface area contributed by atoms with Crippen molar-refractivity contribution in [3.8, 4) is 0 Å². The molecule has 0 aliphatic carbocycles. The average molecular weight is 216 g/mol. The molecule has 0 fully saturated rings. The van der Waals surface area contributed by atoms with Crippen molar-refractivity contribution in [2.45, 2.75) is 18.9 Å². The number of nitrogens with two attached hydrogens (primary N) is 1. The fourth-order valence-electron chi connectivity index (χ4n) is 1.20. The smallest absolute Gasteiger partial charge is 0.123 e. The van der Waals surface area contributed by atoms with Crippen LogP contribution in [0.4, 0.5) is 4.39 Å². The van der Waals surface area contributed by atoms with E-state index in [0.717, 1.165) is 18.4 Å². The van der Waals surface area contributed by atoms with E-state index in [1.54, 1.807) is 6.07 Å². The zero-order chi connectivity index (χ0) is 9.68. The van der Waals surface area contributed by atoms with Gasteiger partial charge in [-0.2, -0.15) is 0 Å². The van der Waals surface area contributed by atoms with Crippen molar-refractivity contribution < 1.29 is 4.39 Å². The lowest BCUT2D eigenvalue weighted by molar-refractivity contribution is 0.611. The van der Waals surface area contributed by atoms with Crippen molar-refractivity contribution in [1.29, 1.82) is 0 Å². The van der Waals surface area contributed by atoms with Gasteiger partial charge in [-0.25, -0.2) is 4.39 Å². The van der Waals surface area contributed by atoms with Crippen LogP contribution < -0.4 is 5.73 Å². The first-order chi connectivity index (χ1) is 6.24. The Morgan fingerprint density at radius 3 is 2.79 bits per heavy atom. The first-order valence-electron chi connectivity index (χ1n) is 4.36. The summed E-state index contributed by atoms with van der Waals surface area (Å²) < 4.78 is 12.8. The molecule has 0 radical (unpaired) electrons. The Bertz CT molecular complexity index is 288. The molecule has 3 heteroatoms. The Morgan fingerprint density at radius 2 is 2.21 bits per heavy atom. The summed E-state index contributed by atoms with van der Waals surface area (Å²) in [6, 6.07) is 6.33. The largest absolute Gasteiger partial charge is 0.324 e. The third kappa shape index (κ3) is 3.90. The molecule has 0 aliphatic rings. The molecule has 0 unspecified atom stereocenters. The minimum atomic E-state index is -0.230. The summed E-state index contributed by atoms with van der Waals surface area (Å²) in [5.41, 5.74) is 6.68. The van der Waals surface area contributed by atoms with Crippen molar-refractivity contribution in [2.75, 3.05) is 0 Å². The second-order valence-electron chi connectivity index (χ2n) is 3.03. The lowest BCUT2D eigenvalue weighted by Crippen LogP contribution is -2.09. The Morgan fingerprint density at radius 1 is 1.50 bits per heavy atom. The topological polar surface area (TPSA) is 26.0 Å². The van der Waals surface area contributed by atoms with Crippen LogP contribution in [0.1, 0.15) is 24.4 Å². The first kappa shape index (κ1) is 13.1. The Kier molecular flexibility index (Phi) is 6.17. The minimum Gasteiger partial charge on any atom is -0.324 e. The highest BCUT2D eigenvalue weighted by atomic mass is 35.5. The highest BCUT2D eigenvalue weighted by Gasteiger charge is 2.04. The Labute approximate surface area is 90.2 Å². The molecule has 1 atom stereocenters. The van der Waals surface area contributed by atoms with Gasteiger partial charge in [0.25, 0.3) is 0 Å². The zero-order valence-electron chi connectivity index (χ0n) is 7.95. The molecular formula is C11H15ClFN. The van der Waals surface area contributed by atoms with Crippen LogP contribution in [0.15, 0.2) is 36.9 Å². The van der Waals surface area contributed by atoms with Crippen LogP contribution in [-0.4, -0.2) is 0 Å². The standard InChI is InChI=1S/C11H14FN.ClH/c1-2-3-7-11(13)9-5-4-6-10(12)8-9;/h2,4-6,8,11H,1,3,7,13H2;1H/t11-;/m0./s1. The van der Waals surface area contributed by atoms with E-state index < -0.39 is 0 Å². The van der Waals surface area contributed by atoms with Crippen LogP contribution in [0, 0.1) is 5.82 Å². The van der Waals surface area contributed by atoms with Crippen molar-refractivity contribution in [3.63, 3.8) is 0 Å². The molecular weight excluding hydrogens is 201 g/mol. The highest BCUT2D eigenvalue weighted by Crippen LogP contribution is 2.16. The second kappa shape index (κ2) is 6.57. The maximum Gasteiger partial charge on any atom is 0.123 e. The monoisotopic (exact) mass is 215 g/mol. The fraction of sp³-hybridized carbons (Fsp3) is 0.273. The molecule has 0 heterocycles. The molecule has 1 aromatic rings. The predicted octanol–water partition coefficient (Wildman–Crippen LogP) is 3.21. The van der Waals surface area contributed by atoms with Gasteiger partial charge in [-0.1, -0.05) is 18.2 Å². The van der Waals surface area contributed by atoms with Gasteiger partial charge in [0.05, 0.1) is 0 Å². The van der Waals surface area contributed by atoms with Crippen molar-refractivity contribution in [1.82, 2.24) is 0 Å². The van der Waals surface area contributed by atoms with E-state index >= 15 is 0 Å². The number of benzene rings is 1. The Balaban J connectivity index is 0.00000169. The fourth-order valence-corrected chi connectivity index (χ4v) is 1.20. The van der Waals surface area contributed by atoms with E-state index in [1.807, 2.05) is 12.1 Å². The average Bonchev–Trinajstić information content (AvgIpc) is 2.14. The SMILES string of the molecule is C=CCC[C@H](N)c1cccc(F)c1.Cl. The molecule has 0 aliphatic heterocycles. The molecule has 78 valence electrons. The summed E-state index contributed by atoms with van der Waals surface area (Å²) in [4.78, 5) is 0. The van der Waals surface area contributed by atoms with Crippen LogP contribution in [0.2, 0.25) is 0 Å². The van der Waals surface area contributed by atoms with Gasteiger partial charge in [0.1, 0.15) is 5.82 Å². The number of hydrogen-bond donors (Lipinski definition) is 1. The third-order valence-corrected chi connectivity index (χ3v) is 1.96. The van der Waals surface area contributed by atoms with E-state index in [1.165, 1.54) is 12.1 Å². The molecule has 0 saturated carbocycles. The molecule has 1 aromatic carbocycles. The van der Waals surface area contributed by atoms with E-state index in [0.29, 0.717) is 0 Å². The lowest BCUT2D eigenvalue weighted by Gasteiger charge is -2.10. The van der Waals surface area contributed by atoms with Crippen LogP contribution in [0.5, 0.6) is 0 Å². The van der Waals surface area contributed by atoms with E-state index in [4.69, 9.17) is 5.73 Å². The summed E-state index contributed by atoms with van der Waals surface area (Å²) in [6.07, 6.45) is 3.49. The third-order valence-electron chi connectivity index (χ3n) is 1.96. The molecule has 1 rings (SSSR count). The van der Waals surface area contributed by atoms with Crippen LogP contribution in [0.25, 0.3) is 0 Å². The number of allylic oxidation sites excluding steroid dienone is 1. The zero-order valence-corrected chi connectivity index (χ0v) is 8.77. The normalized spacial score (nSPS) is 11.6. The van der Waals surface area contributed by atoms with Gasteiger partial charge in [-0.05, 0) is 30.5 Å². The summed E-state index contributed by atoms with van der Waals surface area (Å²) in [6.45, 7) is 3.61. The summed E-state index contributed by atoms with van der Waals surface area (Å²) in [5, 5.41) is 0. The summed E-state index contributed by atoms with van der Waals surface area (Å²) >= 11 is 0. The van der Waals surface area contributed by atoms with Crippen LogP contribution in [-0.2, 0) is 0 Å². The van der Waals surface area contributed by atoms with Gasteiger partial charge in [0, 0.05) is 6.04 Å². The number of hydrogen-bond acceptors (Lipinski definition) is 1. The predicted molar refractivity (Wildman–Crippen MR) is 60.0 cm³/mol. The van der Waals surface area contributed by atoms with E-state index in [2.05, 4.69) is 6.58 Å². The van der Waals surface area contributed by atoms with Gasteiger partial charge < -0.3 is 5.73 Å². The first-order valence-corrected chi connectivity index (χ1v) is 4.36. The lowest BCUT2D eigenvalue weighted by atomic mass is 10.0. The van der Waals surface area contributed by atoms with Crippen molar-refractivity contribution in [2.24, 2.45) is 5.73 Å². The van der Waals surface area contributed by atoms with Crippen LogP contribution in [0.3, 0.4) is 0 Å². The quantitative estimate of drug-likeness (QED) is 0.767. The molecule has 2 N–H and O–H groups in total. The molecule has 1 nitrogen and oxygen atoms in total. The molecule has 0 aromatic heterocycles. The van der Waals surface area contributed by atoms with Gasteiger partial charge in [-0.15, -0.1) is 19.0 Å². The van der Waals surface area contributed by atoms with Crippen molar-refractivity contribution in [3.05, 3.63) is 48.3 Å². The molecule has 0 saturated heterocycles. The number of halogens is 2. The Hall–Kier alpha value is -0.860. The second-order valence-corrected chi connectivity index (χ2v) is 3.03. The van der Waals surface area contributed by atoms with Crippen LogP contribution >= 0.6 is 12.4 Å². The van der Waals surface area contributed by atoms with Gasteiger partial charge in [0.15, 0.2) is 0 Å². The summed E-state index contributed by atoms with van der Waals surface area (Å²) in [7, 11) is 0. The van der Waals surface area contributed by atoms with Gasteiger partial charge >= 0.3 is 0 Å². The van der Waals surface area contributed by atoms with E-state index in [9.17, 15) is 4.39 Å². The minimum absolute atomic E-state index is 0. The molecule has 0 bridgehead atoms. The van der Waals surface area contributed by atoms with Gasteiger partial charge in [0.2, 0.25) is 0 Å². The van der Waals surface area contributed by atoms with Gasteiger partial charge in [-0.3, -0.25) is 0 Å².